The zero-order chi connectivity index (χ0) is 18.4. The highest BCUT2D eigenvalue weighted by Gasteiger charge is 2.38. The molecule has 1 aliphatic heterocycles. The summed E-state index contributed by atoms with van der Waals surface area (Å²) < 4.78 is 0. The summed E-state index contributed by atoms with van der Waals surface area (Å²) in [6.07, 6.45) is 4.02. The minimum absolute atomic E-state index is 0.111. The van der Waals surface area contributed by atoms with Crippen LogP contribution < -0.4 is 4.90 Å². The van der Waals surface area contributed by atoms with Gasteiger partial charge < -0.3 is 10.0 Å². The van der Waals surface area contributed by atoms with Crippen molar-refractivity contribution in [2.75, 3.05) is 18.5 Å². The number of carbonyl (C=O) groups is 1. The topological polar surface area (TPSA) is 65.3 Å². The van der Waals surface area contributed by atoms with E-state index in [1.807, 2.05) is 13.0 Å². The highest BCUT2D eigenvalue weighted by atomic mass is 16.3. The van der Waals surface area contributed by atoms with Crippen LogP contribution in [-0.2, 0) is 11.2 Å². The Morgan fingerprint density at radius 3 is 2.64 bits per heavy atom. The molecule has 130 valence electrons. The number of hydrogen-bond acceptors (Lipinski definition) is 4. The van der Waals surface area contributed by atoms with Gasteiger partial charge in [-0.15, -0.1) is 0 Å². The van der Waals surface area contributed by atoms with Gasteiger partial charge in [-0.1, -0.05) is 19.9 Å². The number of anilines is 1. The predicted molar refractivity (Wildman–Crippen MR) is 103 cm³/mol. The first-order valence-corrected chi connectivity index (χ1v) is 8.30. The molecule has 0 saturated carbocycles. The summed E-state index contributed by atoms with van der Waals surface area (Å²) in [4.78, 5) is 22.5. The summed E-state index contributed by atoms with van der Waals surface area (Å²) in [7, 11) is 1.77. The minimum Gasteiger partial charge on any atom is -0.506 e. The quantitative estimate of drug-likeness (QED) is 0.859. The molecular weight excluding hydrogens is 314 g/mol. The molecular formula is C20H23N3O2. The van der Waals surface area contributed by atoms with Crippen LogP contribution in [-0.4, -0.2) is 37.0 Å². The van der Waals surface area contributed by atoms with Crippen molar-refractivity contribution in [3.05, 3.63) is 41.0 Å². The van der Waals surface area contributed by atoms with E-state index in [4.69, 9.17) is 0 Å². The number of nitrogens with zero attached hydrogens (tertiary/aromatic N) is 3. The molecule has 1 aromatic carbocycles. The Balaban J connectivity index is 2.31. The number of phenolic OH excluding ortho intramolecular Hbond substituents is 1. The second-order valence-corrected chi connectivity index (χ2v) is 7.06. The van der Waals surface area contributed by atoms with Gasteiger partial charge >= 0.3 is 0 Å². The molecule has 0 saturated heterocycles. The van der Waals surface area contributed by atoms with Gasteiger partial charge in [0.15, 0.2) is 0 Å². The normalized spacial score (nSPS) is 19.4. The third-order valence-corrected chi connectivity index (χ3v) is 4.99. The molecule has 0 aromatic heterocycles. The lowest BCUT2D eigenvalue weighted by Gasteiger charge is -2.37. The van der Waals surface area contributed by atoms with Crippen molar-refractivity contribution in [1.82, 2.24) is 0 Å². The summed E-state index contributed by atoms with van der Waals surface area (Å²) in [5.74, 6) is -0.00459. The van der Waals surface area contributed by atoms with Crippen LogP contribution in [0.15, 0.2) is 39.8 Å². The van der Waals surface area contributed by atoms with E-state index in [9.17, 15) is 9.90 Å². The van der Waals surface area contributed by atoms with Crippen LogP contribution in [0, 0.1) is 5.41 Å². The van der Waals surface area contributed by atoms with Crippen molar-refractivity contribution in [3.63, 3.8) is 0 Å². The molecule has 5 nitrogen and oxygen atoms in total. The van der Waals surface area contributed by atoms with Gasteiger partial charge in [0.05, 0.1) is 11.4 Å². The number of rotatable bonds is 3. The Hall–Kier alpha value is -2.69. The van der Waals surface area contributed by atoms with Crippen LogP contribution in [0.4, 0.5) is 5.69 Å². The van der Waals surface area contributed by atoms with Gasteiger partial charge in [-0.25, -0.2) is 0 Å². The fourth-order valence-corrected chi connectivity index (χ4v) is 3.89. The van der Waals surface area contributed by atoms with Crippen molar-refractivity contribution in [1.29, 1.82) is 0 Å². The van der Waals surface area contributed by atoms with Gasteiger partial charge in [-0.2, -0.15) is 0 Å². The van der Waals surface area contributed by atoms with Gasteiger partial charge in [0.1, 0.15) is 5.75 Å². The molecule has 1 N–H and O–H groups in total. The van der Waals surface area contributed by atoms with E-state index in [1.54, 1.807) is 24.1 Å². The standard InChI is InChI=1S/C20H23N3O2/c1-12(21-4)17-18(22-5)13-8-9-15(24)19(14(13)11-20(17,2)3)23-10-6-7-16(23)25/h6-9,24H,5,10-11H2,1-4H3. The van der Waals surface area contributed by atoms with Crippen molar-refractivity contribution >= 4 is 29.7 Å². The monoisotopic (exact) mass is 337 g/mol. The van der Waals surface area contributed by atoms with Crippen molar-refractivity contribution in [2.24, 2.45) is 15.4 Å². The SMILES string of the molecule is C=NC1=C(C(C)=NC)C(C)(C)Cc2c1ccc(O)c2N1CC=CC1=O. The van der Waals surface area contributed by atoms with Gasteiger partial charge in [-0.05, 0) is 43.2 Å². The summed E-state index contributed by atoms with van der Waals surface area (Å²) in [6.45, 7) is 10.5. The molecule has 5 heteroatoms. The fraction of sp³-hybridized carbons (Fsp3) is 0.350. The lowest BCUT2D eigenvalue weighted by atomic mass is 9.69. The lowest BCUT2D eigenvalue weighted by Crippen LogP contribution is -2.32. The third-order valence-electron chi connectivity index (χ3n) is 4.99. The second kappa shape index (κ2) is 5.99. The summed E-state index contributed by atoms with van der Waals surface area (Å²) >= 11 is 0. The number of aromatic hydroxyl groups is 1. The summed E-state index contributed by atoms with van der Waals surface area (Å²) in [5, 5.41) is 10.5. The number of aliphatic imine (C=N–C) groups is 2. The molecule has 0 spiro atoms. The van der Waals surface area contributed by atoms with E-state index in [1.165, 1.54) is 6.08 Å². The summed E-state index contributed by atoms with van der Waals surface area (Å²) in [5.41, 5.74) is 4.91. The van der Waals surface area contributed by atoms with E-state index in [-0.39, 0.29) is 17.1 Å². The van der Waals surface area contributed by atoms with Crippen LogP contribution >= 0.6 is 0 Å². The maximum absolute atomic E-state index is 12.2. The fourth-order valence-electron chi connectivity index (χ4n) is 3.89. The third kappa shape index (κ3) is 2.60. The Labute approximate surface area is 148 Å². The molecule has 0 fully saturated rings. The molecule has 25 heavy (non-hydrogen) atoms. The molecule has 0 unspecified atom stereocenters. The van der Waals surface area contributed by atoms with Crippen LogP contribution in [0.3, 0.4) is 0 Å². The first-order valence-electron chi connectivity index (χ1n) is 8.30. The average Bonchev–Trinajstić information content (AvgIpc) is 2.97. The molecule has 1 amide bonds. The number of benzene rings is 1. The molecule has 2 aliphatic rings. The molecule has 1 heterocycles. The smallest absolute Gasteiger partial charge is 0.251 e. The second-order valence-electron chi connectivity index (χ2n) is 7.06. The van der Waals surface area contributed by atoms with Gasteiger partial charge in [-0.3, -0.25) is 14.8 Å². The van der Waals surface area contributed by atoms with E-state index < -0.39 is 0 Å². The number of fused-ring (bicyclic) bond motifs is 1. The zero-order valence-electron chi connectivity index (χ0n) is 15.1. The van der Waals surface area contributed by atoms with E-state index in [0.717, 1.165) is 28.1 Å². The Bertz CT molecular complexity index is 860. The van der Waals surface area contributed by atoms with E-state index in [2.05, 4.69) is 30.5 Å². The van der Waals surface area contributed by atoms with Crippen molar-refractivity contribution < 1.29 is 9.90 Å². The maximum Gasteiger partial charge on any atom is 0.251 e. The Morgan fingerprint density at radius 1 is 1.36 bits per heavy atom. The van der Waals surface area contributed by atoms with Crippen LogP contribution in [0.1, 0.15) is 31.9 Å². The minimum atomic E-state index is -0.244. The van der Waals surface area contributed by atoms with Gasteiger partial charge in [0.25, 0.3) is 5.91 Å². The van der Waals surface area contributed by atoms with Crippen molar-refractivity contribution in [2.45, 2.75) is 27.2 Å². The Kier molecular flexibility index (Phi) is 4.11. The highest BCUT2D eigenvalue weighted by Crippen LogP contribution is 2.49. The maximum atomic E-state index is 12.2. The lowest BCUT2D eigenvalue weighted by molar-refractivity contribution is -0.113. The van der Waals surface area contributed by atoms with Crippen LogP contribution in [0.2, 0.25) is 0 Å². The highest BCUT2D eigenvalue weighted by molar-refractivity contribution is 6.09. The first-order chi connectivity index (χ1) is 11.8. The van der Waals surface area contributed by atoms with E-state index >= 15 is 0 Å². The molecule has 0 radical (unpaired) electrons. The van der Waals surface area contributed by atoms with Crippen LogP contribution in [0.25, 0.3) is 5.70 Å². The zero-order valence-corrected chi connectivity index (χ0v) is 15.1. The average molecular weight is 337 g/mol. The number of amides is 1. The molecule has 0 atom stereocenters. The van der Waals surface area contributed by atoms with Crippen LogP contribution in [0.5, 0.6) is 5.75 Å². The number of allylic oxidation sites excluding steroid dienone is 1. The molecule has 1 aliphatic carbocycles. The van der Waals surface area contributed by atoms with E-state index in [0.29, 0.717) is 18.7 Å². The largest absolute Gasteiger partial charge is 0.506 e. The number of hydrogen-bond donors (Lipinski definition) is 1. The molecule has 0 bridgehead atoms. The Morgan fingerprint density at radius 2 is 2.08 bits per heavy atom. The molecule has 1 aromatic rings. The van der Waals surface area contributed by atoms with Crippen molar-refractivity contribution in [3.8, 4) is 5.75 Å². The molecule has 3 rings (SSSR count). The predicted octanol–water partition coefficient (Wildman–Crippen LogP) is 3.38. The first kappa shape index (κ1) is 17.1. The van der Waals surface area contributed by atoms with Gasteiger partial charge in [0.2, 0.25) is 0 Å². The van der Waals surface area contributed by atoms with Gasteiger partial charge in [0, 0.05) is 36.5 Å². The summed E-state index contributed by atoms with van der Waals surface area (Å²) in [6, 6.07) is 3.48. The number of carbonyl (C=O) groups excluding carboxylic acids is 1. The number of phenols is 1.